The summed E-state index contributed by atoms with van der Waals surface area (Å²) in [6.45, 7) is 0. The summed E-state index contributed by atoms with van der Waals surface area (Å²) in [5.41, 5.74) is 15.3. The van der Waals surface area contributed by atoms with E-state index in [2.05, 4.69) is 34.3 Å². The van der Waals surface area contributed by atoms with E-state index in [1.54, 1.807) is 0 Å². The van der Waals surface area contributed by atoms with E-state index in [1.807, 2.05) is 0 Å². The molecule has 0 saturated heterocycles. The Balaban J connectivity index is 3.98. The van der Waals surface area contributed by atoms with Crippen LogP contribution in [0.2, 0.25) is 36.5 Å². The summed E-state index contributed by atoms with van der Waals surface area (Å²) in [6.07, 6.45) is 0. The molecular weight excluding hydrogens is 309 g/mol. The SMILES string of the molecule is C[As](C)C([As](C)C)[As](C)C. The molecule has 10 heavy (non-hydrogen) atoms. The Morgan fingerprint density at radius 1 is 0.600 bits per heavy atom. The minimum absolute atomic E-state index is 0.333. The van der Waals surface area contributed by atoms with Crippen LogP contribution in [0.5, 0.6) is 0 Å². The summed E-state index contributed by atoms with van der Waals surface area (Å²) in [5, 5.41) is 0. The predicted octanol–water partition coefficient (Wildman–Crippen LogP) is 2.70. The summed E-state index contributed by atoms with van der Waals surface area (Å²) in [5.74, 6) is 0. The number of rotatable bonds is 3. The summed E-state index contributed by atoms with van der Waals surface area (Å²) in [4.78, 5) is 0. The molecule has 0 atom stereocenters. The van der Waals surface area contributed by atoms with Gasteiger partial charge in [0.1, 0.15) is 0 Å². The van der Waals surface area contributed by atoms with Gasteiger partial charge in [0.05, 0.1) is 0 Å². The van der Waals surface area contributed by atoms with E-state index in [-0.39, 0.29) is 44.0 Å². The molecule has 0 fully saturated rings. The van der Waals surface area contributed by atoms with Crippen LogP contribution < -0.4 is 0 Å². The first-order chi connectivity index (χ1) is 4.46. The van der Waals surface area contributed by atoms with Crippen LogP contribution >= 0.6 is 0 Å². The normalized spacial score (nSPS) is 12.6. The van der Waals surface area contributed by atoms with Crippen LogP contribution in [0.1, 0.15) is 0 Å². The maximum atomic E-state index is 2.54. The Kier molecular flexibility index (Phi) is 6.24. The first kappa shape index (κ1) is 11.7. The molecule has 0 aromatic rings. The van der Waals surface area contributed by atoms with E-state index >= 15 is 0 Å². The van der Waals surface area contributed by atoms with Gasteiger partial charge in [-0.2, -0.15) is 0 Å². The maximum absolute atomic E-state index is 2.54. The minimum atomic E-state index is -0.333. The molecule has 0 aliphatic heterocycles. The van der Waals surface area contributed by atoms with Gasteiger partial charge in [0.2, 0.25) is 0 Å². The Morgan fingerprint density at radius 3 is 0.800 bits per heavy atom. The molecule has 0 heterocycles. The third kappa shape index (κ3) is 3.89. The molecule has 0 spiro atoms. The molecule has 0 aromatic heterocycles. The van der Waals surface area contributed by atoms with Gasteiger partial charge in [-0.15, -0.1) is 0 Å². The van der Waals surface area contributed by atoms with Gasteiger partial charge in [0, 0.05) is 0 Å². The van der Waals surface area contributed by atoms with Crippen molar-refractivity contribution >= 4 is 44.0 Å². The molecule has 0 amide bonds. The Bertz CT molecular complexity index is 69.8. The molecule has 0 aromatic carbocycles. The van der Waals surface area contributed by atoms with Crippen molar-refractivity contribution in [3.63, 3.8) is 0 Å². The number of hydrogen-bond acceptors (Lipinski definition) is 0. The summed E-state index contributed by atoms with van der Waals surface area (Å²) < 4.78 is 1.33. The second-order valence-corrected chi connectivity index (χ2v) is 24.4. The van der Waals surface area contributed by atoms with E-state index in [1.165, 1.54) is 2.28 Å². The predicted molar refractivity (Wildman–Crippen MR) is 56.2 cm³/mol. The molecule has 0 unspecified atom stereocenters. The van der Waals surface area contributed by atoms with Crippen LogP contribution in [0, 0.1) is 0 Å². The van der Waals surface area contributed by atoms with Crippen LogP contribution in [-0.2, 0) is 0 Å². The van der Waals surface area contributed by atoms with E-state index in [9.17, 15) is 0 Å². The van der Waals surface area contributed by atoms with E-state index in [4.69, 9.17) is 0 Å². The molecule has 0 aliphatic rings. The summed E-state index contributed by atoms with van der Waals surface area (Å²) in [6, 6.07) is 0. The molecule has 0 radical (unpaired) electrons. The van der Waals surface area contributed by atoms with Crippen molar-refractivity contribution in [3.05, 3.63) is 0 Å². The molecule has 0 N–H and O–H groups in total. The fourth-order valence-corrected chi connectivity index (χ4v) is 37.4. The van der Waals surface area contributed by atoms with Crippen molar-refractivity contribution in [1.82, 2.24) is 0 Å². The first-order valence-electron chi connectivity index (χ1n) is 3.46. The standard InChI is InChI=1S/C7H19As3/c1-8(2)7(9(3)4)10(5)6/h7H,1-6H3. The summed E-state index contributed by atoms with van der Waals surface area (Å²) in [7, 11) is 0. The van der Waals surface area contributed by atoms with Crippen LogP contribution in [0.25, 0.3) is 0 Å². The monoisotopic (exact) mass is 328 g/mol. The molecule has 62 valence electrons. The van der Waals surface area contributed by atoms with Crippen LogP contribution in [0.4, 0.5) is 0 Å². The van der Waals surface area contributed by atoms with Crippen molar-refractivity contribution in [1.29, 1.82) is 0 Å². The number of hydrogen-bond donors (Lipinski definition) is 0. The molecule has 0 rings (SSSR count). The Morgan fingerprint density at radius 2 is 0.800 bits per heavy atom. The Hall–Kier alpha value is 1.68. The van der Waals surface area contributed by atoms with Crippen molar-refractivity contribution < 1.29 is 0 Å². The van der Waals surface area contributed by atoms with Crippen LogP contribution in [-0.4, -0.2) is 44.0 Å². The van der Waals surface area contributed by atoms with Gasteiger partial charge in [-0.1, -0.05) is 0 Å². The zero-order valence-electron chi connectivity index (χ0n) is 7.92. The fourth-order valence-electron chi connectivity index (χ4n) is 1.39. The van der Waals surface area contributed by atoms with Gasteiger partial charge >= 0.3 is 80.5 Å². The van der Waals surface area contributed by atoms with Gasteiger partial charge in [-0.25, -0.2) is 0 Å². The average molecular weight is 328 g/mol. The third-order valence-electron chi connectivity index (χ3n) is 1.39. The van der Waals surface area contributed by atoms with E-state index in [0.29, 0.717) is 0 Å². The molecule has 0 nitrogen and oxygen atoms in total. The zero-order valence-corrected chi connectivity index (χ0v) is 13.5. The van der Waals surface area contributed by atoms with Crippen LogP contribution in [0.3, 0.4) is 0 Å². The van der Waals surface area contributed by atoms with Crippen molar-refractivity contribution in [2.45, 2.75) is 36.5 Å². The van der Waals surface area contributed by atoms with Crippen molar-refractivity contribution in [3.8, 4) is 0 Å². The Labute approximate surface area is 79.9 Å². The summed E-state index contributed by atoms with van der Waals surface area (Å²) >= 11 is -1.000. The van der Waals surface area contributed by atoms with Crippen molar-refractivity contribution in [2.75, 3.05) is 0 Å². The average Bonchev–Trinajstić information content (AvgIpc) is 1.59. The third-order valence-corrected chi connectivity index (χ3v) is 37.4. The topological polar surface area (TPSA) is 0 Å². The van der Waals surface area contributed by atoms with Gasteiger partial charge in [0.15, 0.2) is 0 Å². The molecular formula is C7H19As3. The second kappa shape index (κ2) is 5.34. The van der Waals surface area contributed by atoms with E-state index < -0.39 is 0 Å². The fraction of sp³-hybridized carbons (Fsp3) is 1.00. The quantitative estimate of drug-likeness (QED) is 0.699. The van der Waals surface area contributed by atoms with Gasteiger partial charge in [0.25, 0.3) is 0 Å². The van der Waals surface area contributed by atoms with Gasteiger partial charge < -0.3 is 0 Å². The molecule has 0 aliphatic carbocycles. The van der Waals surface area contributed by atoms with Crippen molar-refractivity contribution in [2.24, 2.45) is 0 Å². The van der Waals surface area contributed by atoms with Gasteiger partial charge in [-0.05, 0) is 0 Å². The zero-order chi connectivity index (χ0) is 8.31. The second-order valence-electron chi connectivity index (χ2n) is 3.24. The van der Waals surface area contributed by atoms with E-state index in [0.717, 1.165) is 0 Å². The van der Waals surface area contributed by atoms with Crippen LogP contribution in [0.15, 0.2) is 0 Å². The molecule has 0 bridgehead atoms. The molecule has 0 saturated carbocycles. The van der Waals surface area contributed by atoms with Gasteiger partial charge in [-0.3, -0.25) is 0 Å². The molecule has 3 heteroatoms. The first-order valence-corrected chi connectivity index (χ1v) is 18.0.